The highest BCUT2D eigenvalue weighted by atomic mass is 19.1. The Morgan fingerprint density at radius 2 is 1.86 bits per heavy atom. The maximum atomic E-state index is 13.2. The van der Waals surface area contributed by atoms with Crippen molar-refractivity contribution in [2.45, 2.75) is 25.4 Å². The Kier molecular flexibility index (Phi) is 1.72. The zero-order valence-corrected chi connectivity index (χ0v) is 7.71. The highest BCUT2D eigenvalue weighted by Gasteiger charge is 2.45. The standard InChI is InChI=1S/C10H11FO3/c1-5-4-6(10(14)2-3-10)9(13)7(11)8(5)12/h4,12-14H,2-3H2,1H3. The van der Waals surface area contributed by atoms with Crippen molar-refractivity contribution in [2.24, 2.45) is 0 Å². The molecule has 0 unspecified atom stereocenters. The summed E-state index contributed by atoms with van der Waals surface area (Å²) >= 11 is 0. The number of halogens is 1. The second-order valence-corrected chi connectivity index (χ2v) is 3.78. The van der Waals surface area contributed by atoms with Crippen molar-refractivity contribution in [3.05, 3.63) is 23.0 Å². The third kappa shape index (κ3) is 1.14. The molecule has 0 radical (unpaired) electrons. The quantitative estimate of drug-likeness (QED) is 0.641. The van der Waals surface area contributed by atoms with E-state index in [2.05, 4.69) is 0 Å². The molecule has 0 saturated heterocycles. The van der Waals surface area contributed by atoms with Crippen LogP contribution in [0, 0.1) is 12.7 Å². The first-order valence-electron chi connectivity index (χ1n) is 4.39. The van der Waals surface area contributed by atoms with Crippen LogP contribution in [0.15, 0.2) is 6.07 Å². The lowest BCUT2D eigenvalue weighted by Gasteiger charge is -2.13. The number of benzene rings is 1. The van der Waals surface area contributed by atoms with Gasteiger partial charge < -0.3 is 15.3 Å². The number of hydrogen-bond acceptors (Lipinski definition) is 3. The summed E-state index contributed by atoms with van der Waals surface area (Å²) in [7, 11) is 0. The molecule has 1 aromatic carbocycles. The summed E-state index contributed by atoms with van der Waals surface area (Å²) < 4.78 is 13.2. The van der Waals surface area contributed by atoms with E-state index in [4.69, 9.17) is 0 Å². The predicted octanol–water partition coefficient (Wildman–Crippen LogP) is 1.53. The molecule has 3 N–H and O–H groups in total. The molecule has 1 aromatic rings. The van der Waals surface area contributed by atoms with Gasteiger partial charge in [-0.2, -0.15) is 4.39 Å². The lowest BCUT2D eigenvalue weighted by Crippen LogP contribution is -2.06. The smallest absolute Gasteiger partial charge is 0.206 e. The van der Waals surface area contributed by atoms with Gasteiger partial charge in [-0.25, -0.2) is 0 Å². The molecule has 0 heterocycles. The average molecular weight is 198 g/mol. The molecule has 0 spiro atoms. The first-order valence-corrected chi connectivity index (χ1v) is 4.39. The van der Waals surface area contributed by atoms with Crippen LogP contribution < -0.4 is 0 Å². The van der Waals surface area contributed by atoms with Crippen molar-refractivity contribution in [3.8, 4) is 11.5 Å². The largest absolute Gasteiger partial charge is 0.505 e. The topological polar surface area (TPSA) is 60.7 Å². The SMILES string of the molecule is Cc1cc(C2(O)CC2)c(O)c(F)c1O. The van der Waals surface area contributed by atoms with E-state index in [1.165, 1.54) is 13.0 Å². The van der Waals surface area contributed by atoms with E-state index >= 15 is 0 Å². The summed E-state index contributed by atoms with van der Waals surface area (Å²) in [6, 6.07) is 1.42. The second kappa shape index (κ2) is 2.60. The number of rotatable bonds is 1. The summed E-state index contributed by atoms with van der Waals surface area (Å²) in [5, 5.41) is 28.3. The van der Waals surface area contributed by atoms with E-state index in [1.54, 1.807) is 0 Å². The molecule has 1 aliphatic rings. The van der Waals surface area contributed by atoms with Crippen molar-refractivity contribution in [2.75, 3.05) is 0 Å². The molecule has 0 bridgehead atoms. The number of hydrogen-bond donors (Lipinski definition) is 3. The molecule has 0 atom stereocenters. The summed E-state index contributed by atoms with van der Waals surface area (Å²) in [4.78, 5) is 0. The normalized spacial score (nSPS) is 18.2. The molecule has 3 nitrogen and oxygen atoms in total. The van der Waals surface area contributed by atoms with Crippen molar-refractivity contribution in [1.82, 2.24) is 0 Å². The van der Waals surface area contributed by atoms with Crippen molar-refractivity contribution >= 4 is 0 Å². The van der Waals surface area contributed by atoms with Crippen molar-refractivity contribution < 1.29 is 19.7 Å². The molecule has 1 saturated carbocycles. The number of phenolic OH excluding ortho intramolecular Hbond substituents is 2. The van der Waals surface area contributed by atoms with Gasteiger partial charge in [-0.1, -0.05) is 0 Å². The third-order valence-electron chi connectivity index (χ3n) is 2.63. The van der Waals surface area contributed by atoms with Crippen LogP contribution in [-0.4, -0.2) is 15.3 Å². The van der Waals surface area contributed by atoms with Crippen LogP contribution in [0.25, 0.3) is 0 Å². The fraction of sp³-hybridized carbons (Fsp3) is 0.400. The van der Waals surface area contributed by atoms with Gasteiger partial charge >= 0.3 is 0 Å². The van der Waals surface area contributed by atoms with E-state index in [-0.39, 0.29) is 5.56 Å². The van der Waals surface area contributed by atoms with Gasteiger partial charge in [0.2, 0.25) is 5.82 Å². The molecule has 4 heteroatoms. The first-order chi connectivity index (χ1) is 6.46. The van der Waals surface area contributed by atoms with Crippen LogP contribution in [0.2, 0.25) is 0 Å². The number of aromatic hydroxyl groups is 2. The summed E-state index contributed by atoms with van der Waals surface area (Å²) in [5.74, 6) is -2.26. The Balaban J connectivity index is 2.62. The maximum Gasteiger partial charge on any atom is 0.206 e. The summed E-state index contributed by atoms with van der Waals surface area (Å²) in [6.07, 6.45) is 1.04. The Morgan fingerprint density at radius 3 is 2.36 bits per heavy atom. The lowest BCUT2D eigenvalue weighted by atomic mass is 10.0. The number of aryl methyl sites for hydroxylation is 1. The fourth-order valence-corrected chi connectivity index (χ4v) is 1.50. The van der Waals surface area contributed by atoms with Crippen LogP contribution in [0.1, 0.15) is 24.0 Å². The zero-order valence-electron chi connectivity index (χ0n) is 7.71. The van der Waals surface area contributed by atoms with E-state index in [1.807, 2.05) is 0 Å². The third-order valence-corrected chi connectivity index (χ3v) is 2.63. The Labute approximate surface area is 80.4 Å². The van der Waals surface area contributed by atoms with E-state index < -0.39 is 22.9 Å². The van der Waals surface area contributed by atoms with E-state index in [0.717, 1.165) is 0 Å². The number of phenols is 2. The molecule has 14 heavy (non-hydrogen) atoms. The molecule has 1 aliphatic carbocycles. The maximum absolute atomic E-state index is 13.2. The molecule has 0 amide bonds. The zero-order chi connectivity index (χ0) is 10.5. The highest BCUT2D eigenvalue weighted by Crippen LogP contribution is 2.50. The molecule has 2 rings (SSSR count). The van der Waals surface area contributed by atoms with Gasteiger partial charge in [0.05, 0.1) is 5.60 Å². The van der Waals surface area contributed by atoms with Crippen LogP contribution in [-0.2, 0) is 5.60 Å². The van der Waals surface area contributed by atoms with Crippen LogP contribution in [0.5, 0.6) is 11.5 Å². The molecule has 76 valence electrons. The Morgan fingerprint density at radius 1 is 1.29 bits per heavy atom. The van der Waals surface area contributed by atoms with Crippen LogP contribution in [0.4, 0.5) is 4.39 Å². The summed E-state index contributed by atoms with van der Waals surface area (Å²) in [6.45, 7) is 1.52. The van der Waals surface area contributed by atoms with Crippen LogP contribution in [0.3, 0.4) is 0 Å². The highest BCUT2D eigenvalue weighted by molar-refractivity contribution is 5.50. The minimum atomic E-state index is -1.09. The van der Waals surface area contributed by atoms with Gasteiger partial charge in [0.15, 0.2) is 11.5 Å². The number of aliphatic hydroxyl groups is 1. The Hall–Kier alpha value is -1.29. The van der Waals surface area contributed by atoms with Gasteiger partial charge in [0, 0.05) is 5.56 Å². The van der Waals surface area contributed by atoms with Gasteiger partial charge in [-0.15, -0.1) is 0 Å². The average Bonchev–Trinajstić information content (AvgIpc) is 2.87. The van der Waals surface area contributed by atoms with Crippen molar-refractivity contribution in [3.63, 3.8) is 0 Å². The van der Waals surface area contributed by atoms with E-state index in [9.17, 15) is 19.7 Å². The van der Waals surface area contributed by atoms with Gasteiger partial charge in [-0.05, 0) is 31.4 Å². The molecule has 1 fully saturated rings. The van der Waals surface area contributed by atoms with Crippen molar-refractivity contribution in [1.29, 1.82) is 0 Å². The predicted molar refractivity (Wildman–Crippen MR) is 47.6 cm³/mol. The van der Waals surface area contributed by atoms with Gasteiger partial charge in [-0.3, -0.25) is 0 Å². The molecular formula is C10H11FO3. The van der Waals surface area contributed by atoms with Gasteiger partial charge in [0.25, 0.3) is 0 Å². The first kappa shape index (κ1) is 9.27. The van der Waals surface area contributed by atoms with Gasteiger partial charge in [0.1, 0.15) is 0 Å². The monoisotopic (exact) mass is 198 g/mol. The minimum absolute atomic E-state index is 0.172. The molecule has 0 aliphatic heterocycles. The molecule has 0 aromatic heterocycles. The lowest BCUT2D eigenvalue weighted by molar-refractivity contribution is 0.146. The second-order valence-electron chi connectivity index (χ2n) is 3.78. The van der Waals surface area contributed by atoms with E-state index in [0.29, 0.717) is 18.4 Å². The minimum Gasteiger partial charge on any atom is -0.505 e. The molecular weight excluding hydrogens is 187 g/mol. The fourth-order valence-electron chi connectivity index (χ4n) is 1.50. The van der Waals surface area contributed by atoms with Crippen LogP contribution >= 0.6 is 0 Å². The Bertz CT molecular complexity index is 397. The summed E-state index contributed by atoms with van der Waals surface area (Å²) in [5.41, 5.74) is -0.607.